The van der Waals surface area contributed by atoms with E-state index in [1.54, 1.807) is 31.1 Å². The van der Waals surface area contributed by atoms with Gasteiger partial charge in [0.05, 0.1) is 10.8 Å². The van der Waals surface area contributed by atoms with Crippen LogP contribution in [0.5, 0.6) is 0 Å². The number of amides is 1. The van der Waals surface area contributed by atoms with Crippen molar-refractivity contribution in [2.75, 3.05) is 25.5 Å². The topological polar surface area (TPSA) is 66.7 Å². The summed E-state index contributed by atoms with van der Waals surface area (Å²) in [5.41, 5.74) is 2.09. The predicted molar refractivity (Wildman–Crippen MR) is 84.0 cm³/mol. The molecular weight excluding hydrogens is 282 g/mol. The number of hydrogen-bond donors (Lipinski definition) is 0. The Morgan fingerprint density at radius 1 is 1.36 bits per heavy atom. The van der Waals surface area contributed by atoms with Crippen LogP contribution in [-0.2, 0) is 11.2 Å². The fourth-order valence-corrected chi connectivity index (χ4v) is 3.76. The van der Waals surface area contributed by atoms with Crippen LogP contribution in [0.1, 0.15) is 24.8 Å². The minimum Gasteiger partial charge on any atom is -0.368 e. The van der Waals surface area contributed by atoms with Gasteiger partial charge in [-0.2, -0.15) is 0 Å². The zero-order valence-electron chi connectivity index (χ0n) is 13.0. The molecule has 1 aromatic carbocycles. The van der Waals surface area contributed by atoms with Crippen molar-refractivity contribution < 1.29 is 9.72 Å². The second kappa shape index (κ2) is 5.59. The van der Waals surface area contributed by atoms with Gasteiger partial charge in [-0.25, -0.2) is 0 Å². The third-order valence-electron chi connectivity index (χ3n) is 4.79. The maximum Gasteiger partial charge on any atom is 0.269 e. The highest BCUT2D eigenvalue weighted by Gasteiger charge is 2.40. The SMILES string of the molecule is CN(C)C(=O)[C@@H]1Cc2cc([N+](=O)[O-])ccc2N2CCCC[C@H]12. The summed E-state index contributed by atoms with van der Waals surface area (Å²) in [6.45, 7) is 0.923. The van der Waals surface area contributed by atoms with E-state index in [-0.39, 0.29) is 28.5 Å². The van der Waals surface area contributed by atoms with E-state index in [0.717, 1.165) is 37.1 Å². The molecule has 22 heavy (non-hydrogen) atoms. The molecule has 1 saturated heterocycles. The Kier molecular flexibility index (Phi) is 3.76. The third-order valence-corrected chi connectivity index (χ3v) is 4.79. The molecule has 2 aliphatic rings. The molecule has 0 bridgehead atoms. The van der Waals surface area contributed by atoms with E-state index in [0.29, 0.717) is 6.42 Å². The molecule has 2 atom stereocenters. The van der Waals surface area contributed by atoms with Gasteiger partial charge >= 0.3 is 0 Å². The number of rotatable bonds is 2. The first-order chi connectivity index (χ1) is 10.5. The van der Waals surface area contributed by atoms with E-state index in [1.807, 2.05) is 6.07 Å². The molecule has 0 aliphatic carbocycles. The lowest BCUT2D eigenvalue weighted by atomic mass is 9.80. The van der Waals surface area contributed by atoms with Crippen molar-refractivity contribution in [3.63, 3.8) is 0 Å². The summed E-state index contributed by atoms with van der Waals surface area (Å²) in [7, 11) is 3.55. The van der Waals surface area contributed by atoms with Crippen LogP contribution < -0.4 is 4.90 Å². The van der Waals surface area contributed by atoms with E-state index < -0.39 is 0 Å². The summed E-state index contributed by atoms with van der Waals surface area (Å²) in [4.78, 5) is 27.1. The van der Waals surface area contributed by atoms with Gasteiger partial charge in [-0.15, -0.1) is 0 Å². The molecule has 3 rings (SSSR count). The monoisotopic (exact) mass is 303 g/mol. The van der Waals surface area contributed by atoms with Gasteiger partial charge < -0.3 is 9.80 Å². The number of non-ortho nitro benzene ring substituents is 1. The standard InChI is InChI=1S/C16H21N3O3/c1-17(2)16(20)13-10-11-9-12(19(21)22)6-7-14(11)18-8-4-3-5-15(13)18/h6-7,9,13,15H,3-5,8,10H2,1-2H3/t13-,15-/m1/s1. The maximum absolute atomic E-state index is 12.5. The normalized spacial score (nSPS) is 23.5. The first-order valence-electron chi connectivity index (χ1n) is 7.74. The van der Waals surface area contributed by atoms with Gasteiger partial charge in [-0.1, -0.05) is 0 Å². The maximum atomic E-state index is 12.5. The summed E-state index contributed by atoms with van der Waals surface area (Å²) in [6, 6.07) is 5.27. The largest absolute Gasteiger partial charge is 0.368 e. The number of carbonyl (C=O) groups is 1. The molecule has 6 heteroatoms. The van der Waals surface area contributed by atoms with Crippen LogP contribution >= 0.6 is 0 Å². The average molecular weight is 303 g/mol. The Hall–Kier alpha value is -2.11. The number of piperidine rings is 1. The number of fused-ring (bicyclic) bond motifs is 3. The van der Waals surface area contributed by atoms with Gasteiger partial charge in [0.25, 0.3) is 5.69 Å². The quantitative estimate of drug-likeness (QED) is 0.620. The second-order valence-corrected chi connectivity index (χ2v) is 6.37. The van der Waals surface area contributed by atoms with E-state index in [1.165, 1.54) is 0 Å². The van der Waals surface area contributed by atoms with Crippen LogP contribution in [0, 0.1) is 16.0 Å². The molecule has 0 spiro atoms. The first kappa shape index (κ1) is 14.8. The number of hydrogen-bond acceptors (Lipinski definition) is 4. The number of nitro benzene ring substituents is 1. The van der Waals surface area contributed by atoms with Crippen molar-refractivity contribution in [1.82, 2.24) is 4.90 Å². The van der Waals surface area contributed by atoms with Gasteiger partial charge in [-0.3, -0.25) is 14.9 Å². The third kappa shape index (κ3) is 2.42. The van der Waals surface area contributed by atoms with Gasteiger partial charge in [0.1, 0.15) is 0 Å². The lowest BCUT2D eigenvalue weighted by molar-refractivity contribution is -0.384. The number of benzene rings is 1. The molecule has 0 N–H and O–H groups in total. The highest BCUT2D eigenvalue weighted by molar-refractivity contribution is 5.82. The molecule has 1 amide bonds. The average Bonchev–Trinajstić information content (AvgIpc) is 2.52. The number of nitrogens with zero attached hydrogens (tertiary/aromatic N) is 3. The van der Waals surface area contributed by atoms with E-state index in [2.05, 4.69) is 4.90 Å². The highest BCUT2D eigenvalue weighted by atomic mass is 16.6. The smallest absolute Gasteiger partial charge is 0.269 e. The molecule has 0 radical (unpaired) electrons. The Morgan fingerprint density at radius 3 is 2.82 bits per heavy atom. The number of nitro groups is 1. The molecular formula is C16H21N3O3. The van der Waals surface area contributed by atoms with Crippen LogP contribution in [-0.4, -0.2) is 42.4 Å². The Morgan fingerprint density at radius 2 is 2.14 bits per heavy atom. The summed E-state index contributed by atoms with van der Waals surface area (Å²) in [6.07, 6.45) is 3.85. The van der Waals surface area contributed by atoms with E-state index in [9.17, 15) is 14.9 Å². The predicted octanol–water partition coefficient (Wildman–Crippen LogP) is 2.21. The zero-order chi connectivity index (χ0) is 15.9. The Bertz CT molecular complexity index is 615. The Labute approximate surface area is 129 Å². The lowest BCUT2D eigenvalue weighted by Gasteiger charge is -2.46. The lowest BCUT2D eigenvalue weighted by Crippen LogP contribution is -2.52. The van der Waals surface area contributed by atoms with Crippen LogP contribution in [0.25, 0.3) is 0 Å². The molecule has 2 heterocycles. The first-order valence-corrected chi connectivity index (χ1v) is 7.74. The van der Waals surface area contributed by atoms with Crippen LogP contribution in [0.3, 0.4) is 0 Å². The molecule has 1 fully saturated rings. The molecule has 0 aromatic heterocycles. The molecule has 6 nitrogen and oxygen atoms in total. The second-order valence-electron chi connectivity index (χ2n) is 6.37. The molecule has 0 saturated carbocycles. The van der Waals surface area contributed by atoms with Crippen LogP contribution in [0.15, 0.2) is 18.2 Å². The zero-order valence-corrected chi connectivity index (χ0v) is 13.0. The van der Waals surface area contributed by atoms with Crippen molar-refractivity contribution in [2.24, 2.45) is 5.92 Å². The fourth-order valence-electron chi connectivity index (χ4n) is 3.76. The van der Waals surface area contributed by atoms with E-state index in [4.69, 9.17) is 0 Å². The van der Waals surface area contributed by atoms with Crippen molar-refractivity contribution in [3.05, 3.63) is 33.9 Å². The van der Waals surface area contributed by atoms with Crippen molar-refractivity contribution in [3.8, 4) is 0 Å². The van der Waals surface area contributed by atoms with Gasteiger partial charge in [0.2, 0.25) is 5.91 Å². The summed E-state index contributed by atoms with van der Waals surface area (Å²) in [5.74, 6) is 0.0128. The van der Waals surface area contributed by atoms with Crippen molar-refractivity contribution in [2.45, 2.75) is 31.7 Å². The molecule has 118 valence electrons. The number of carbonyl (C=O) groups excluding carboxylic acids is 1. The van der Waals surface area contributed by atoms with Gasteiger partial charge in [0, 0.05) is 44.5 Å². The van der Waals surface area contributed by atoms with Crippen LogP contribution in [0.4, 0.5) is 11.4 Å². The van der Waals surface area contributed by atoms with E-state index >= 15 is 0 Å². The Balaban J connectivity index is 2.02. The van der Waals surface area contributed by atoms with Gasteiger partial charge in [-0.05, 0) is 37.3 Å². The summed E-state index contributed by atoms with van der Waals surface area (Å²) in [5, 5.41) is 11.0. The molecule has 0 unspecified atom stereocenters. The molecule has 2 aliphatic heterocycles. The minimum atomic E-state index is -0.370. The fraction of sp³-hybridized carbons (Fsp3) is 0.562. The molecule has 1 aromatic rings. The minimum absolute atomic E-state index is 0.102. The summed E-state index contributed by atoms with van der Waals surface area (Å²) < 4.78 is 0. The van der Waals surface area contributed by atoms with Crippen molar-refractivity contribution >= 4 is 17.3 Å². The summed E-state index contributed by atoms with van der Waals surface area (Å²) >= 11 is 0. The number of anilines is 1. The van der Waals surface area contributed by atoms with Gasteiger partial charge in [0.15, 0.2) is 0 Å². The highest BCUT2D eigenvalue weighted by Crippen LogP contribution is 2.40. The van der Waals surface area contributed by atoms with Crippen molar-refractivity contribution in [1.29, 1.82) is 0 Å². The van der Waals surface area contributed by atoms with Crippen LogP contribution in [0.2, 0.25) is 0 Å².